The molecule has 0 atom stereocenters. The van der Waals surface area contributed by atoms with Gasteiger partial charge in [-0.1, -0.05) is 48.5 Å². The molecular weight excluding hydrogens is 595 g/mol. The molecule has 0 saturated carbocycles. The van der Waals surface area contributed by atoms with E-state index in [1.807, 2.05) is 72.5 Å². The summed E-state index contributed by atoms with van der Waals surface area (Å²) in [4.78, 5) is 11.2. The molecule has 42 heavy (non-hydrogen) atoms. The minimum Gasteiger partial charge on any atom is -0.367 e. The van der Waals surface area contributed by atoms with Crippen molar-refractivity contribution in [1.82, 2.24) is 4.98 Å². The molecule has 0 spiro atoms. The average molecular weight is 628 g/mol. The lowest BCUT2D eigenvalue weighted by molar-refractivity contribution is 0.309. The zero-order valence-electron chi connectivity index (χ0n) is 23.6. The molecule has 1 aromatic heterocycles. The first kappa shape index (κ1) is 31.5. The quantitative estimate of drug-likeness (QED) is 0.138. The van der Waals surface area contributed by atoms with Gasteiger partial charge in [-0.25, -0.2) is 4.98 Å². The van der Waals surface area contributed by atoms with Crippen LogP contribution in [0.15, 0.2) is 83.2 Å². The molecule has 0 unspecified atom stereocenters. The van der Waals surface area contributed by atoms with Crippen molar-refractivity contribution < 1.29 is 25.2 Å². The fourth-order valence-electron chi connectivity index (χ4n) is 4.13. The summed E-state index contributed by atoms with van der Waals surface area (Å²) in [6, 6.07) is 23.9. The van der Waals surface area contributed by atoms with Crippen LogP contribution in [0.2, 0.25) is 0 Å². The van der Waals surface area contributed by atoms with E-state index in [2.05, 4.69) is 22.5 Å². The molecule has 0 aliphatic carbocycles. The van der Waals surface area contributed by atoms with Crippen LogP contribution >= 0.6 is 11.3 Å². The Morgan fingerprint density at radius 2 is 1.52 bits per heavy atom. The zero-order chi connectivity index (χ0) is 30.2. The van der Waals surface area contributed by atoms with E-state index < -0.39 is 20.2 Å². The van der Waals surface area contributed by atoms with Crippen LogP contribution in [0.3, 0.4) is 0 Å². The summed E-state index contributed by atoms with van der Waals surface area (Å²) in [6.07, 6.45) is 4.57. The molecular formula is C30H33N3O6S3. The summed E-state index contributed by atoms with van der Waals surface area (Å²) in [6.45, 7) is 2.25. The van der Waals surface area contributed by atoms with E-state index in [1.54, 1.807) is 17.6 Å². The topological polar surface area (TPSA) is 115 Å². The molecule has 0 aliphatic rings. The Hall–Kier alpha value is -3.42. The minimum atomic E-state index is -3.60. The molecule has 0 aliphatic heterocycles. The molecule has 9 nitrogen and oxygen atoms in total. The van der Waals surface area contributed by atoms with Crippen molar-refractivity contribution in [1.29, 1.82) is 0 Å². The second-order valence-electron chi connectivity index (χ2n) is 9.67. The maximum Gasteiger partial charge on any atom is 0.264 e. The van der Waals surface area contributed by atoms with Crippen molar-refractivity contribution in [2.75, 3.05) is 43.7 Å². The monoisotopic (exact) mass is 627 g/mol. The van der Waals surface area contributed by atoms with Gasteiger partial charge < -0.3 is 4.90 Å². The Morgan fingerprint density at radius 3 is 2.12 bits per heavy atom. The molecule has 4 aromatic rings. The van der Waals surface area contributed by atoms with Crippen molar-refractivity contribution in [3.63, 3.8) is 0 Å². The van der Waals surface area contributed by atoms with Gasteiger partial charge in [0, 0.05) is 42.4 Å². The maximum absolute atomic E-state index is 11.4. The number of hydrogen-bond donors (Lipinski definition) is 0. The van der Waals surface area contributed by atoms with Crippen LogP contribution in [-0.4, -0.2) is 66.8 Å². The molecule has 0 radical (unpaired) electrons. The van der Waals surface area contributed by atoms with E-state index in [1.165, 1.54) is 5.56 Å². The highest BCUT2D eigenvalue weighted by atomic mass is 32.2. The van der Waals surface area contributed by atoms with Crippen LogP contribution in [0.5, 0.6) is 0 Å². The second kappa shape index (κ2) is 14.2. The third-order valence-electron chi connectivity index (χ3n) is 6.20. The molecule has 12 heteroatoms. The molecule has 0 N–H and O–H groups in total. The summed E-state index contributed by atoms with van der Waals surface area (Å²) >= 11 is 1.65. The number of thiazole rings is 1. The largest absolute Gasteiger partial charge is 0.367 e. The Labute approximate surface area is 251 Å². The maximum atomic E-state index is 11.4. The molecule has 3 aromatic carbocycles. The van der Waals surface area contributed by atoms with Crippen molar-refractivity contribution >= 4 is 49.2 Å². The van der Waals surface area contributed by atoms with E-state index in [0.29, 0.717) is 0 Å². The van der Waals surface area contributed by atoms with Crippen molar-refractivity contribution in [3.05, 3.63) is 99.9 Å². The normalized spacial score (nSPS) is 12.2. The summed E-state index contributed by atoms with van der Waals surface area (Å²) in [7, 11) is -7.20. The first-order valence-corrected chi connectivity index (χ1v) is 17.6. The Bertz CT molecular complexity index is 1680. The SMILES string of the molecule is Cc1cc(N(CCOS(C)(=O)=O)CCOS(C)(=O)=O)ccc1C=Nc1ccc(-c2csc(Cc3ccccc3)n2)cc1. The predicted octanol–water partition coefficient (Wildman–Crippen LogP) is 5.22. The van der Waals surface area contributed by atoms with Gasteiger partial charge in [0.15, 0.2) is 0 Å². The number of nitrogens with zero attached hydrogens (tertiary/aromatic N) is 3. The standard InChI is InChI=1S/C30H33N3O6S3/c1-23-19-28(33(15-17-38-41(2,34)35)16-18-39-42(3,36)37)14-11-26(23)21-31-27-12-9-25(10-13-27)29-22-40-30(32-29)20-24-7-5-4-6-8-24/h4-14,19,21-22H,15-18,20H2,1-3H3. The third-order valence-corrected chi connectivity index (χ3v) is 8.24. The Morgan fingerprint density at radius 1 is 0.881 bits per heavy atom. The third kappa shape index (κ3) is 10.1. The number of rotatable bonds is 14. The number of aliphatic imine (C=N–C) groups is 1. The highest BCUT2D eigenvalue weighted by Gasteiger charge is 2.12. The van der Waals surface area contributed by atoms with E-state index >= 15 is 0 Å². The van der Waals surface area contributed by atoms with Crippen LogP contribution in [0.25, 0.3) is 11.3 Å². The van der Waals surface area contributed by atoms with Gasteiger partial charge in [-0.2, -0.15) is 16.8 Å². The van der Waals surface area contributed by atoms with Gasteiger partial charge in [0.25, 0.3) is 20.2 Å². The molecule has 0 amide bonds. The van der Waals surface area contributed by atoms with E-state index in [0.717, 1.165) is 57.7 Å². The van der Waals surface area contributed by atoms with Crippen LogP contribution in [0.4, 0.5) is 11.4 Å². The predicted molar refractivity (Wildman–Crippen MR) is 169 cm³/mol. The first-order valence-electron chi connectivity index (χ1n) is 13.1. The second-order valence-corrected chi connectivity index (χ2v) is 13.9. The summed E-state index contributed by atoms with van der Waals surface area (Å²) < 4.78 is 55.3. The summed E-state index contributed by atoms with van der Waals surface area (Å²) in [5.74, 6) is 0. The van der Waals surface area contributed by atoms with Crippen molar-refractivity contribution in [3.8, 4) is 11.3 Å². The number of aromatic nitrogens is 1. The lowest BCUT2D eigenvalue weighted by Gasteiger charge is -2.25. The number of hydrogen-bond acceptors (Lipinski definition) is 10. The van der Waals surface area contributed by atoms with Gasteiger partial charge in [-0.3, -0.25) is 13.4 Å². The lowest BCUT2D eigenvalue weighted by Crippen LogP contribution is -2.32. The van der Waals surface area contributed by atoms with Gasteiger partial charge in [0.2, 0.25) is 0 Å². The van der Waals surface area contributed by atoms with Gasteiger partial charge >= 0.3 is 0 Å². The van der Waals surface area contributed by atoms with E-state index in [9.17, 15) is 16.8 Å². The first-order chi connectivity index (χ1) is 19.9. The highest BCUT2D eigenvalue weighted by molar-refractivity contribution is 7.86. The summed E-state index contributed by atoms with van der Waals surface area (Å²) in [5, 5.41) is 3.15. The molecule has 222 valence electrons. The van der Waals surface area contributed by atoms with E-state index in [-0.39, 0.29) is 26.3 Å². The molecule has 4 rings (SSSR count). The fourth-order valence-corrected chi connectivity index (χ4v) is 5.72. The fraction of sp³-hybridized carbons (Fsp3) is 0.267. The highest BCUT2D eigenvalue weighted by Crippen LogP contribution is 2.26. The smallest absolute Gasteiger partial charge is 0.264 e. The van der Waals surface area contributed by atoms with E-state index in [4.69, 9.17) is 13.4 Å². The number of anilines is 1. The van der Waals surface area contributed by atoms with Crippen LogP contribution < -0.4 is 4.90 Å². The van der Waals surface area contributed by atoms with Crippen LogP contribution in [0, 0.1) is 6.92 Å². The number of aryl methyl sites for hydroxylation is 1. The Balaban J connectivity index is 1.41. The van der Waals surface area contributed by atoms with Gasteiger partial charge in [0.1, 0.15) is 0 Å². The van der Waals surface area contributed by atoms with Gasteiger partial charge in [-0.15, -0.1) is 11.3 Å². The Kier molecular flexibility index (Phi) is 10.6. The molecule has 0 bridgehead atoms. The minimum absolute atomic E-state index is 0.0782. The average Bonchev–Trinajstić information content (AvgIpc) is 3.39. The van der Waals surface area contributed by atoms with Crippen LogP contribution in [-0.2, 0) is 35.0 Å². The van der Waals surface area contributed by atoms with Gasteiger partial charge in [0.05, 0.1) is 42.1 Å². The van der Waals surface area contributed by atoms with Crippen molar-refractivity contribution in [2.24, 2.45) is 4.99 Å². The molecule has 0 fully saturated rings. The zero-order valence-corrected chi connectivity index (χ0v) is 26.1. The lowest BCUT2D eigenvalue weighted by atomic mass is 10.1. The molecule has 1 heterocycles. The number of benzene rings is 3. The van der Waals surface area contributed by atoms with Gasteiger partial charge in [-0.05, 0) is 47.9 Å². The van der Waals surface area contributed by atoms with Crippen molar-refractivity contribution in [2.45, 2.75) is 13.3 Å². The summed E-state index contributed by atoms with van der Waals surface area (Å²) in [5.41, 5.74) is 6.65. The molecule has 0 saturated heterocycles. The van der Waals surface area contributed by atoms with Crippen LogP contribution in [0.1, 0.15) is 21.7 Å².